The summed E-state index contributed by atoms with van der Waals surface area (Å²) in [7, 11) is 3.27. The lowest BCUT2D eigenvalue weighted by atomic mass is 9.84. The summed E-state index contributed by atoms with van der Waals surface area (Å²) in [5, 5.41) is 9.95. The van der Waals surface area contributed by atoms with E-state index in [4.69, 9.17) is 19.0 Å². The van der Waals surface area contributed by atoms with Crippen LogP contribution < -0.4 is 10.7 Å². The average molecular weight is 881 g/mol. The molecule has 344 valence electrons. The largest absolute Gasteiger partial charge is 0.467 e. The number of ether oxygens (including phenoxy) is 2. The first-order valence-corrected chi connectivity index (χ1v) is 22.3. The van der Waals surface area contributed by atoms with E-state index in [9.17, 15) is 24.0 Å². The van der Waals surface area contributed by atoms with Crippen molar-refractivity contribution < 1.29 is 38.0 Å². The van der Waals surface area contributed by atoms with Gasteiger partial charge in [0.25, 0.3) is 12.4 Å². The van der Waals surface area contributed by atoms with E-state index in [1.807, 2.05) is 32.9 Å². The highest BCUT2D eigenvalue weighted by Gasteiger charge is 2.39. The Morgan fingerprint density at radius 1 is 1.12 bits per heavy atom. The zero-order chi connectivity index (χ0) is 46.3. The van der Waals surface area contributed by atoms with E-state index in [-0.39, 0.29) is 49.3 Å². The van der Waals surface area contributed by atoms with Crippen molar-refractivity contribution in [3.63, 3.8) is 0 Å². The van der Waals surface area contributed by atoms with Gasteiger partial charge in [-0.1, -0.05) is 39.4 Å². The van der Waals surface area contributed by atoms with Gasteiger partial charge in [0.15, 0.2) is 5.76 Å². The van der Waals surface area contributed by atoms with Crippen LogP contribution in [0.5, 0.6) is 0 Å². The summed E-state index contributed by atoms with van der Waals surface area (Å²) in [6, 6.07) is 9.99. The molecule has 4 atom stereocenters. The molecule has 0 aliphatic carbocycles. The van der Waals surface area contributed by atoms with Crippen molar-refractivity contribution >= 4 is 41.0 Å². The van der Waals surface area contributed by atoms with E-state index < -0.39 is 29.3 Å². The summed E-state index contributed by atoms with van der Waals surface area (Å²) in [6.07, 6.45) is 5.55. The van der Waals surface area contributed by atoms with Gasteiger partial charge in [-0.3, -0.25) is 34.0 Å². The molecule has 6 rings (SSSR count). The molecule has 1 aromatic carbocycles. The number of likely N-dealkylation sites (N-methyl/N-ethyl adjacent to an activating group) is 1. The maximum Gasteiger partial charge on any atom is 0.293 e. The van der Waals surface area contributed by atoms with Gasteiger partial charge in [-0.05, 0) is 87.4 Å². The quantitative estimate of drug-likeness (QED) is 0.0897. The Balaban J connectivity index is 1.33. The third kappa shape index (κ3) is 10.4. The number of amides is 4. The van der Waals surface area contributed by atoms with Crippen molar-refractivity contribution in [2.75, 3.05) is 46.9 Å². The highest BCUT2D eigenvalue weighted by Crippen LogP contribution is 2.42. The Hall–Kier alpha value is -5.87. The number of hydrogen-bond acceptors (Lipinski definition) is 11. The van der Waals surface area contributed by atoms with Gasteiger partial charge in [-0.25, -0.2) is 5.43 Å². The standard InChI is InChI=1S/C48H64N8O8/c1-10-41(58)54-22-18-33(27-54)46(60)53(8)43(30(3)4)45(59)51-38(47(61)56-21-13-12-20-50-56)24-34-25-40(64-52-34)32-16-17-39-36(23-32)37(26-48(6,7)28-63-29-57)44(55(39)11-2)35-15-14-19-49-42(35)31(5)62-9/h10,14-17,19,23,25,29-31,33,38,43,50H,1,11-13,18,20-22,24,26-28H2,2-9H3,(H,51,59)/t31-,33-,38-,43-/m0/s1. The predicted molar refractivity (Wildman–Crippen MR) is 242 cm³/mol. The van der Waals surface area contributed by atoms with Crippen molar-refractivity contribution in [1.82, 2.24) is 40.3 Å². The van der Waals surface area contributed by atoms with Crippen LogP contribution in [0.3, 0.4) is 0 Å². The normalized spacial score (nSPS) is 17.0. The zero-order valence-corrected chi connectivity index (χ0v) is 38.5. The van der Waals surface area contributed by atoms with E-state index in [1.54, 1.807) is 36.3 Å². The van der Waals surface area contributed by atoms with Gasteiger partial charge in [-0.2, -0.15) is 0 Å². The number of likely N-dealkylation sites (tertiary alicyclic amines) is 1. The summed E-state index contributed by atoms with van der Waals surface area (Å²) >= 11 is 0. The third-order valence-corrected chi connectivity index (χ3v) is 12.5. The molecule has 0 spiro atoms. The Labute approximate surface area is 375 Å². The lowest BCUT2D eigenvalue weighted by Crippen LogP contribution is -2.59. The van der Waals surface area contributed by atoms with Crippen LogP contribution >= 0.6 is 0 Å². The number of nitrogens with one attached hydrogen (secondary N) is 2. The maximum atomic E-state index is 14.3. The summed E-state index contributed by atoms with van der Waals surface area (Å²) < 4.78 is 19.3. The maximum absolute atomic E-state index is 14.3. The lowest BCUT2D eigenvalue weighted by molar-refractivity contribution is -0.145. The fraction of sp³-hybridized carbons (Fsp3) is 0.521. The van der Waals surface area contributed by atoms with E-state index in [0.717, 1.165) is 51.8 Å². The number of methoxy groups -OCH3 is 1. The van der Waals surface area contributed by atoms with Crippen LogP contribution in [0.15, 0.2) is 59.8 Å². The van der Waals surface area contributed by atoms with Crippen molar-refractivity contribution in [2.24, 2.45) is 17.3 Å². The molecular weight excluding hydrogens is 817 g/mol. The molecular formula is C48H64N8O8. The number of fused-ring (bicyclic) bond motifs is 1. The Morgan fingerprint density at radius 3 is 2.58 bits per heavy atom. The molecule has 2 aliphatic rings. The van der Waals surface area contributed by atoms with Gasteiger partial charge in [0.1, 0.15) is 12.1 Å². The minimum Gasteiger partial charge on any atom is -0.467 e. The second-order valence-corrected chi connectivity index (χ2v) is 18.0. The smallest absolute Gasteiger partial charge is 0.293 e. The lowest BCUT2D eigenvalue weighted by Gasteiger charge is -2.35. The molecule has 0 saturated carbocycles. The first-order valence-electron chi connectivity index (χ1n) is 22.3. The van der Waals surface area contributed by atoms with Gasteiger partial charge in [0.2, 0.25) is 17.7 Å². The fourth-order valence-electron chi connectivity index (χ4n) is 9.15. The number of carbonyl (C=O) groups excluding carboxylic acids is 5. The predicted octanol–water partition coefficient (Wildman–Crippen LogP) is 5.50. The van der Waals surface area contributed by atoms with Gasteiger partial charge >= 0.3 is 0 Å². The van der Waals surface area contributed by atoms with Crippen LogP contribution in [0.25, 0.3) is 33.5 Å². The number of pyridine rings is 1. The second-order valence-electron chi connectivity index (χ2n) is 18.0. The molecule has 16 heteroatoms. The molecule has 16 nitrogen and oxygen atoms in total. The van der Waals surface area contributed by atoms with Crippen LogP contribution in [0.1, 0.15) is 83.9 Å². The molecule has 0 unspecified atom stereocenters. The van der Waals surface area contributed by atoms with Crippen LogP contribution in [0, 0.1) is 17.3 Å². The van der Waals surface area contributed by atoms with Crippen LogP contribution in [0.2, 0.25) is 0 Å². The molecule has 2 fully saturated rings. The van der Waals surface area contributed by atoms with Crippen LogP contribution in [0.4, 0.5) is 0 Å². The van der Waals surface area contributed by atoms with Crippen molar-refractivity contribution in [3.05, 3.63) is 72.2 Å². The Kier molecular flexibility index (Phi) is 15.4. The van der Waals surface area contributed by atoms with Gasteiger partial charge in [0.05, 0.1) is 35.7 Å². The number of rotatable bonds is 19. The fourth-order valence-corrected chi connectivity index (χ4v) is 9.15. The SMILES string of the molecule is C=CC(=O)N1CC[C@H](C(=O)N(C)[C@H](C(=O)N[C@@H](Cc2cc(-c3ccc4c(c3)c(CC(C)(C)COC=O)c(-c3cccnc3[C@H](C)OC)n4CC)on2)C(=O)N2CCCCN2)C(C)C)C1. The zero-order valence-electron chi connectivity index (χ0n) is 38.5. The monoisotopic (exact) mass is 880 g/mol. The molecule has 5 heterocycles. The molecule has 0 bridgehead atoms. The number of aromatic nitrogens is 3. The van der Waals surface area contributed by atoms with Crippen molar-refractivity contribution in [3.8, 4) is 22.6 Å². The molecule has 64 heavy (non-hydrogen) atoms. The van der Waals surface area contributed by atoms with Crippen molar-refractivity contribution in [1.29, 1.82) is 0 Å². The molecule has 2 N–H and O–H groups in total. The van der Waals surface area contributed by atoms with E-state index in [2.05, 4.69) is 66.0 Å². The van der Waals surface area contributed by atoms with E-state index >= 15 is 0 Å². The Bertz CT molecular complexity index is 2330. The van der Waals surface area contributed by atoms with Crippen LogP contribution in [-0.2, 0) is 52.8 Å². The third-order valence-electron chi connectivity index (χ3n) is 12.5. The highest BCUT2D eigenvalue weighted by molar-refractivity contribution is 5.96. The first kappa shape index (κ1) is 47.6. The highest BCUT2D eigenvalue weighted by atomic mass is 16.5. The minimum atomic E-state index is -1.03. The molecule has 4 amide bonds. The Morgan fingerprint density at radius 2 is 1.91 bits per heavy atom. The number of nitrogens with zero attached hydrogens (tertiary/aromatic N) is 6. The second kappa shape index (κ2) is 20.8. The van der Waals surface area contributed by atoms with Crippen LogP contribution in [-0.4, -0.2) is 119 Å². The molecule has 4 aromatic rings. The number of hydrazine groups is 1. The first-order chi connectivity index (χ1) is 30.6. The van der Waals surface area contributed by atoms with Gasteiger partial charge in [0, 0.05) is 93.0 Å². The van der Waals surface area contributed by atoms with Gasteiger partial charge < -0.3 is 33.7 Å². The molecule has 3 aromatic heterocycles. The summed E-state index contributed by atoms with van der Waals surface area (Å²) in [5.41, 5.74) is 8.77. The number of hydrogen-bond donors (Lipinski definition) is 2. The molecule has 2 saturated heterocycles. The summed E-state index contributed by atoms with van der Waals surface area (Å²) in [6.45, 7) is 18.7. The molecule has 2 aliphatic heterocycles. The van der Waals surface area contributed by atoms with Gasteiger partial charge in [-0.15, -0.1) is 0 Å². The number of benzene rings is 1. The summed E-state index contributed by atoms with van der Waals surface area (Å²) in [5.74, 6) is -1.52. The summed E-state index contributed by atoms with van der Waals surface area (Å²) in [4.78, 5) is 73.6. The minimum absolute atomic E-state index is 0.0340. The van der Waals surface area contributed by atoms with E-state index in [0.29, 0.717) is 56.9 Å². The van der Waals surface area contributed by atoms with E-state index in [1.165, 1.54) is 11.0 Å². The number of carbonyl (C=O) groups is 5. The molecule has 0 radical (unpaired) electrons. The average Bonchev–Trinajstić information content (AvgIpc) is 4.05. The topological polar surface area (TPSA) is 181 Å². The van der Waals surface area contributed by atoms with Crippen molar-refractivity contribution in [2.45, 2.75) is 98.4 Å². The number of aryl methyl sites for hydroxylation is 1.